The zero-order valence-electron chi connectivity index (χ0n) is 16.6. The van der Waals surface area contributed by atoms with Crippen LogP contribution in [-0.2, 0) is 16.1 Å². The van der Waals surface area contributed by atoms with E-state index >= 15 is 0 Å². The van der Waals surface area contributed by atoms with Crippen LogP contribution in [0.25, 0.3) is 10.6 Å². The van der Waals surface area contributed by atoms with Crippen molar-refractivity contribution in [1.29, 1.82) is 0 Å². The lowest BCUT2D eigenvalue weighted by Crippen LogP contribution is -2.35. The molecule has 0 spiro atoms. The second kappa shape index (κ2) is 8.21. The van der Waals surface area contributed by atoms with Crippen LogP contribution in [0.4, 0.5) is 5.69 Å². The van der Waals surface area contributed by atoms with Gasteiger partial charge in [-0.1, -0.05) is 23.8 Å². The van der Waals surface area contributed by atoms with Gasteiger partial charge in [-0.3, -0.25) is 14.3 Å². The summed E-state index contributed by atoms with van der Waals surface area (Å²) < 4.78 is 1.91. The Morgan fingerprint density at radius 2 is 2.03 bits per heavy atom. The Hall–Kier alpha value is -2.93. The lowest BCUT2D eigenvalue weighted by molar-refractivity contribution is -0.126. The van der Waals surface area contributed by atoms with Gasteiger partial charge in [0.2, 0.25) is 11.8 Å². The first kappa shape index (κ1) is 19.4. The molecule has 2 amide bonds. The fraction of sp³-hybridized carbons (Fsp3) is 0.318. The van der Waals surface area contributed by atoms with Gasteiger partial charge in [-0.2, -0.15) is 5.10 Å². The highest BCUT2D eigenvalue weighted by Gasteiger charge is 2.34. The van der Waals surface area contributed by atoms with E-state index in [9.17, 15) is 9.59 Å². The van der Waals surface area contributed by atoms with E-state index in [1.54, 1.807) is 16.2 Å². The Bertz CT molecular complexity index is 1010. The Labute approximate surface area is 174 Å². The molecule has 1 saturated heterocycles. The van der Waals surface area contributed by atoms with Gasteiger partial charge in [0.25, 0.3) is 0 Å². The van der Waals surface area contributed by atoms with E-state index in [2.05, 4.69) is 22.5 Å². The third-order valence-electron chi connectivity index (χ3n) is 5.22. The van der Waals surface area contributed by atoms with Gasteiger partial charge in [0, 0.05) is 30.9 Å². The van der Waals surface area contributed by atoms with Gasteiger partial charge in [0.15, 0.2) is 0 Å². The Morgan fingerprint density at radius 1 is 1.24 bits per heavy atom. The number of hydrogen-bond donors (Lipinski definition) is 1. The Kier molecular flexibility index (Phi) is 5.49. The number of nitrogens with zero attached hydrogens (tertiary/aromatic N) is 3. The van der Waals surface area contributed by atoms with Crippen LogP contribution >= 0.6 is 11.3 Å². The zero-order valence-corrected chi connectivity index (χ0v) is 17.4. The largest absolute Gasteiger partial charge is 0.354 e. The van der Waals surface area contributed by atoms with Gasteiger partial charge >= 0.3 is 0 Å². The predicted octanol–water partition coefficient (Wildman–Crippen LogP) is 3.40. The van der Waals surface area contributed by atoms with E-state index in [-0.39, 0.29) is 24.2 Å². The summed E-state index contributed by atoms with van der Waals surface area (Å²) in [7, 11) is 0. The summed E-state index contributed by atoms with van der Waals surface area (Å²) in [6.07, 6.45) is 0.253. The van der Waals surface area contributed by atoms with Crippen molar-refractivity contribution in [3.05, 3.63) is 59.1 Å². The normalized spacial score (nSPS) is 16.4. The first-order valence-corrected chi connectivity index (χ1v) is 10.6. The average Bonchev–Trinajstić information content (AvgIpc) is 3.43. The molecule has 2 aromatic heterocycles. The van der Waals surface area contributed by atoms with E-state index in [1.807, 2.05) is 54.2 Å². The van der Waals surface area contributed by atoms with Crippen LogP contribution in [-0.4, -0.2) is 34.7 Å². The fourth-order valence-corrected chi connectivity index (χ4v) is 4.25. The van der Waals surface area contributed by atoms with Crippen LogP contribution in [0, 0.1) is 19.8 Å². The monoisotopic (exact) mass is 408 g/mol. The van der Waals surface area contributed by atoms with Gasteiger partial charge in [0.05, 0.1) is 17.3 Å². The van der Waals surface area contributed by atoms with Crippen molar-refractivity contribution < 1.29 is 9.59 Å². The summed E-state index contributed by atoms with van der Waals surface area (Å²) in [5, 5.41) is 9.64. The molecule has 150 valence electrons. The summed E-state index contributed by atoms with van der Waals surface area (Å²) in [4.78, 5) is 27.8. The van der Waals surface area contributed by atoms with Crippen molar-refractivity contribution in [2.45, 2.75) is 26.8 Å². The maximum absolute atomic E-state index is 12.6. The van der Waals surface area contributed by atoms with Crippen LogP contribution < -0.4 is 10.2 Å². The molecular weight excluding hydrogens is 384 g/mol. The maximum atomic E-state index is 12.6. The second-order valence-electron chi connectivity index (χ2n) is 7.40. The second-order valence-corrected chi connectivity index (χ2v) is 8.35. The highest BCUT2D eigenvalue weighted by atomic mass is 32.1. The number of nitrogens with one attached hydrogen (secondary N) is 1. The molecule has 29 heavy (non-hydrogen) atoms. The maximum Gasteiger partial charge on any atom is 0.227 e. The minimum atomic E-state index is -0.316. The summed E-state index contributed by atoms with van der Waals surface area (Å²) in [6, 6.07) is 13.9. The van der Waals surface area contributed by atoms with E-state index in [0.717, 1.165) is 27.5 Å². The number of carbonyl (C=O) groups is 2. The lowest BCUT2D eigenvalue weighted by atomic mass is 10.1. The number of aryl methyl sites for hydroxylation is 2. The highest BCUT2D eigenvalue weighted by Crippen LogP contribution is 2.26. The predicted molar refractivity (Wildman–Crippen MR) is 115 cm³/mol. The van der Waals surface area contributed by atoms with Crippen molar-refractivity contribution in [1.82, 2.24) is 15.1 Å². The van der Waals surface area contributed by atoms with Crippen LogP contribution in [0.15, 0.2) is 47.8 Å². The number of hydrogen-bond acceptors (Lipinski definition) is 4. The minimum absolute atomic E-state index is 0.00230. The summed E-state index contributed by atoms with van der Waals surface area (Å²) >= 11 is 1.66. The number of carbonyl (C=O) groups excluding carboxylic acids is 2. The molecule has 6 nitrogen and oxygen atoms in total. The van der Waals surface area contributed by atoms with E-state index < -0.39 is 0 Å². The third kappa shape index (κ3) is 4.24. The van der Waals surface area contributed by atoms with E-state index in [4.69, 9.17) is 0 Å². The number of amides is 2. The molecule has 4 rings (SSSR count). The topological polar surface area (TPSA) is 67.2 Å². The van der Waals surface area contributed by atoms with Gasteiger partial charge < -0.3 is 10.2 Å². The first-order valence-electron chi connectivity index (χ1n) is 9.74. The van der Waals surface area contributed by atoms with Gasteiger partial charge in [-0.05, 0) is 43.5 Å². The van der Waals surface area contributed by atoms with E-state index in [0.29, 0.717) is 19.6 Å². The molecule has 1 fully saturated rings. The fourth-order valence-electron chi connectivity index (χ4n) is 3.57. The summed E-state index contributed by atoms with van der Waals surface area (Å²) in [5.74, 6) is -0.391. The number of benzene rings is 1. The molecule has 0 bridgehead atoms. The number of thiophene rings is 1. The van der Waals surface area contributed by atoms with Crippen molar-refractivity contribution in [3.8, 4) is 10.6 Å². The number of aromatic nitrogens is 2. The third-order valence-corrected chi connectivity index (χ3v) is 6.11. The summed E-state index contributed by atoms with van der Waals surface area (Å²) in [6.45, 7) is 5.54. The zero-order chi connectivity index (χ0) is 20.4. The van der Waals surface area contributed by atoms with E-state index in [1.165, 1.54) is 0 Å². The SMILES string of the molecule is Cc1ccc(N2CC(C(=O)NCCn3nc(-c4cccs4)cc3C)CC2=O)cc1. The van der Waals surface area contributed by atoms with Crippen molar-refractivity contribution in [3.63, 3.8) is 0 Å². The van der Waals surface area contributed by atoms with Crippen LogP contribution in [0.3, 0.4) is 0 Å². The molecule has 1 aromatic carbocycles. The molecule has 7 heteroatoms. The van der Waals surface area contributed by atoms with Crippen LogP contribution in [0.2, 0.25) is 0 Å². The van der Waals surface area contributed by atoms with Gasteiger partial charge in [-0.25, -0.2) is 0 Å². The molecule has 1 unspecified atom stereocenters. The first-order chi connectivity index (χ1) is 14.0. The molecule has 0 saturated carbocycles. The van der Waals surface area contributed by atoms with Gasteiger partial charge in [-0.15, -0.1) is 11.3 Å². The molecule has 0 aliphatic carbocycles. The van der Waals surface area contributed by atoms with Crippen LogP contribution in [0.5, 0.6) is 0 Å². The Morgan fingerprint density at radius 3 is 2.76 bits per heavy atom. The Balaban J connectivity index is 1.31. The summed E-state index contributed by atoms with van der Waals surface area (Å²) in [5.41, 5.74) is 4.01. The quantitative estimate of drug-likeness (QED) is 0.680. The number of rotatable bonds is 6. The van der Waals surface area contributed by atoms with Crippen molar-refractivity contribution in [2.24, 2.45) is 5.92 Å². The molecule has 1 aliphatic rings. The van der Waals surface area contributed by atoms with Crippen molar-refractivity contribution in [2.75, 3.05) is 18.0 Å². The molecule has 1 N–H and O–H groups in total. The number of anilines is 1. The molecule has 1 atom stereocenters. The smallest absolute Gasteiger partial charge is 0.227 e. The standard InChI is InChI=1S/C22H24N4O2S/c1-15-5-7-18(8-6-15)25-14-17(13-21(25)27)22(28)23-9-10-26-16(2)12-19(24-26)20-4-3-11-29-20/h3-8,11-12,17H,9-10,13-14H2,1-2H3,(H,23,28). The molecular formula is C22H24N4O2S. The van der Waals surface area contributed by atoms with Crippen LogP contribution in [0.1, 0.15) is 17.7 Å². The highest BCUT2D eigenvalue weighted by molar-refractivity contribution is 7.13. The molecule has 1 aliphatic heterocycles. The molecule has 3 heterocycles. The average molecular weight is 409 g/mol. The van der Waals surface area contributed by atoms with Crippen molar-refractivity contribution >= 4 is 28.8 Å². The van der Waals surface area contributed by atoms with Gasteiger partial charge in [0.1, 0.15) is 5.69 Å². The molecule has 0 radical (unpaired) electrons. The minimum Gasteiger partial charge on any atom is -0.354 e. The lowest BCUT2D eigenvalue weighted by Gasteiger charge is -2.17. The molecule has 3 aromatic rings.